The highest BCUT2D eigenvalue weighted by Crippen LogP contribution is 2.34. The lowest BCUT2D eigenvalue weighted by Gasteiger charge is -2.11. The van der Waals surface area contributed by atoms with E-state index >= 15 is 0 Å². The third-order valence-electron chi connectivity index (χ3n) is 3.87. The van der Waals surface area contributed by atoms with E-state index in [4.69, 9.17) is 17.0 Å². The number of hydrogen-bond acceptors (Lipinski definition) is 4. The average Bonchev–Trinajstić information content (AvgIpc) is 2.87. The molecule has 0 atom stereocenters. The Morgan fingerprint density at radius 2 is 2.00 bits per heavy atom. The van der Waals surface area contributed by atoms with Crippen LogP contribution in [0.15, 0.2) is 53.4 Å². The van der Waals surface area contributed by atoms with Crippen LogP contribution in [0.25, 0.3) is 6.08 Å². The van der Waals surface area contributed by atoms with Gasteiger partial charge in [-0.1, -0.05) is 72.0 Å². The van der Waals surface area contributed by atoms with Crippen LogP contribution in [0.5, 0.6) is 5.75 Å². The Balaban J connectivity index is 1.81. The van der Waals surface area contributed by atoms with E-state index in [2.05, 4.69) is 19.1 Å². The summed E-state index contributed by atoms with van der Waals surface area (Å²) in [4.78, 5) is 14.6. The number of thiocarbonyl (C=S) groups is 1. The van der Waals surface area contributed by atoms with Gasteiger partial charge < -0.3 is 4.74 Å². The molecule has 3 nitrogen and oxygen atoms in total. The molecule has 1 fully saturated rings. The van der Waals surface area contributed by atoms with E-state index in [-0.39, 0.29) is 5.91 Å². The fraction of sp³-hybridized carbons (Fsp3) is 0.200. The minimum atomic E-state index is -0.0361. The van der Waals surface area contributed by atoms with Crippen LogP contribution in [0.4, 0.5) is 0 Å². The van der Waals surface area contributed by atoms with E-state index < -0.39 is 0 Å². The van der Waals surface area contributed by atoms with Gasteiger partial charge in [-0.05, 0) is 31.6 Å². The fourth-order valence-electron chi connectivity index (χ4n) is 2.61. The number of ether oxygens (including phenoxy) is 1. The SMILES string of the molecule is CCN1C(=O)/C(=C/c2ccccc2OCc2cccc(C)c2)SC1=S. The molecular weight excluding hydrogens is 350 g/mol. The van der Waals surface area contributed by atoms with Gasteiger partial charge in [0.25, 0.3) is 5.91 Å². The zero-order valence-corrected chi connectivity index (χ0v) is 15.8. The van der Waals surface area contributed by atoms with Gasteiger partial charge in [0.1, 0.15) is 16.7 Å². The quantitative estimate of drug-likeness (QED) is 0.559. The van der Waals surface area contributed by atoms with E-state index in [1.807, 2.05) is 49.4 Å². The van der Waals surface area contributed by atoms with Gasteiger partial charge in [-0.25, -0.2) is 0 Å². The van der Waals surface area contributed by atoms with E-state index in [0.29, 0.717) is 22.4 Å². The molecule has 0 aliphatic carbocycles. The van der Waals surface area contributed by atoms with Crippen LogP contribution in [0.2, 0.25) is 0 Å². The molecular formula is C20H19NO2S2. The first-order valence-corrected chi connectivity index (χ1v) is 9.33. The van der Waals surface area contributed by atoms with Gasteiger partial charge in [-0.3, -0.25) is 9.69 Å². The number of likely N-dealkylation sites (N-methyl/N-ethyl adjacent to an activating group) is 1. The van der Waals surface area contributed by atoms with Crippen molar-refractivity contribution >= 4 is 40.3 Å². The molecule has 5 heteroatoms. The van der Waals surface area contributed by atoms with E-state index in [0.717, 1.165) is 16.9 Å². The molecule has 1 aliphatic heterocycles. The normalized spacial score (nSPS) is 15.9. The Bertz CT molecular complexity index is 845. The predicted octanol–water partition coefficient (Wildman–Crippen LogP) is 4.80. The maximum Gasteiger partial charge on any atom is 0.266 e. The lowest BCUT2D eigenvalue weighted by atomic mass is 10.1. The first kappa shape index (κ1) is 17.7. The van der Waals surface area contributed by atoms with Crippen molar-refractivity contribution in [2.75, 3.05) is 6.54 Å². The minimum absolute atomic E-state index is 0.0361. The summed E-state index contributed by atoms with van der Waals surface area (Å²) in [6, 6.07) is 16.0. The van der Waals surface area contributed by atoms with E-state index in [1.54, 1.807) is 4.90 Å². The number of aryl methyl sites for hydroxylation is 1. The summed E-state index contributed by atoms with van der Waals surface area (Å²) in [6.45, 7) is 5.07. The van der Waals surface area contributed by atoms with Crippen molar-refractivity contribution in [1.29, 1.82) is 0 Å². The summed E-state index contributed by atoms with van der Waals surface area (Å²) in [5, 5.41) is 0. The van der Waals surface area contributed by atoms with Gasteiger partial charge in [0.05, 0.1) is 4.91 Å². The Hall–Kier alpha value is -2.11. The largest absolute Gasteiger partial charge is 0.488 e. The van der Waals surface area contributed by atoms with Crippen LogP contribution < -0.4 is 4.74 Å². The van der Waals surface area contributed by atoms with Crippen LogP contribution in [-0.4, -0.2) is 21.7 Å². The van der Waals surface area contributed by atoms with Crippen LogP contribution in [0, 0.1) is 6.92 Å². The molecule has 1 saturated heterocycles. The van der Waals surface area contributed by atoms with Gasteiger partial charge in [0.2, 0.25) is 0 Å². The maximum absolute atomic E-state index is 12.4. The molecule has 2 aromatic carbocycles. The summed E-state index contributed by atoms with van der Waals surface area (Å²) in [5.41, 5.74) is 3.21. The second-order valence-electron chi connectivity index (χ2n) is 5.74. The van der Waals surface area contributed by atoms with Crippen LogP contribution in [0.1, 0.15) is 23.6 Å². The van der Waals surface area contributed by atoms with Crippen LogP contribution in [-0.2, 0) is 11.4 Å². The number of rotatable bonds is 5. The van der Waals surface area contributed by atoms with Crippen molar-refractivity contribution in [2.24, 2.45) is 0 Å². The third-order valence-corrected chi connectivity index (χ3v) is 5.25. The maximum atomic E-state index is 12.4. The smallest absolute Gasteiger partial charge is 0.266 e. The molecule has 0 aromatic heterocycles. The van der Waals surface area contributed by atoms with E-state index in [1.165, 1.54) is 17.3 Å². The molecule has 1 heterocycles. The zero-order chi connectivity index (χ0) is 17.8. The number of benzene rings is 2. The first-order chi connectivity index (χ1) is 12.1. The summed E-state index contributed by atoms with van der Waals surface area (Å²) in [7, 11) is 0. The molecule has 2 aromatic rings. The molecule has 0 N–H and O–H groups in total. The summed E-state index contributed by atoms with van der Waals surface area (Å²) >= 11 is 6.61. The molecule has 0 bridgehead atoms. The third kappa shape index (κ3) is 4.11. The predicted molar refractivity (Wildman–Crippen MR) is 108 cm³/mol. The van der Waals surface area contributed by atoms with Gasteiger partial charge >= 0.3 is 0 Å². The van der Waals surface area contributed by atoms with Crippen molar-refractivity contribution in [3.05, 3.63) is 70.1 Å². The fourth-order valence-corrected chi connectivity index (χ4v) is 3.98. The first-order valence-electron chi connectivity index (χ1n) is 8.11. The molecule has 128 valence electrons. The van der Waals surface area contributed by atoms with Crippen LogP contribution >= 0.6 is 24.0 Å². The Morgan fingerprint density at radius 3 is 2.72 bits per heavy atom. The highest BCUT2D eigenvalue weighted by Gasteiger charge is 2.30. The average molecular weight is 370 g/mol. The van der Waals surface area contributed by atoms with E-state index in [9.17, 15) is 4.79 Å². The molecule has 1 aliphatic rings. The number of nitrogens with zero attached hydrogens (tertiary/aromatic N) is 1. The Kier molecular flexibility index (Phi) is 5.56. The molecule has 0 unspecified atom stereocenters. The lowest BCUT2D eigenvalue weighted by molar-refractivity contribution is -0.121. The zero-order valence-electron chi connectivity index (χ0n) is 14.2. The molecule has 0 spiro atoms. The topological polar surface area (TPSA) is 29.5 Å². The van der Waals surface area contributed by atoms with Gasteiger partial charge in [-0.15, -0.1) is 0 Å². The summed E-state index contributed by atoms with van der Waals surface area (Å²) in [5.74, 6) is 0.719. The summed E-state index contributed by atoms with van der Waals surface area (Å²) in [6.07, 6.45) is 1.86. The number of para-hydroxylation sites is 1. The molecule has 25 heavy (non-hydrogen) atoms. The number of hydrogen-bond donors (Lipinski definition) is 0. The number of amides is 1. The van der Waals surface area contributed by atoms with Gasteiger partial charge in [0.15, 0.2) is 0 Å². The Labute approximate surface area is 157 Å². The lowest BCUT2D eigenvalue weighted by Crippen LogP contribution is -2.27. The van der Waals surface area contributed by atoms with Crippen molar-refractivity contribution in [3.63, 3.8) is 0 Å². The van der Waals surface area contributed by atoms with Crippen molar-refractivity contribution in [3.8, 4) is 5.75 Å². The van der Waals surface area contributed by atoms with Crippen molar-refractivity contribution in [1.82, 2.24) is 4.90 Å². The summed E-state index contributed by atoms with van der Waals surface area (Å²) < 4.78 is 6.60. The van der Waals surface area contributed by atoms with Crippen molar-refractivity contribution in [2.45, 2.75) is 20.5 Å². The standard InChI is InChI=1S/C20H19NO2S2/c1-3-21-19(22)18(25-20(21)24)12-16-9-4-5-10-17(16)23-13-15-8-6-7-14(2)11-15/h4-12H,3,13H2,1-2H3/b18-12-. The Morgan fingerprint density at radius 1 is 1.20 bits per heavy atom. The van der Waals surface area contributed by atoms with Gasteiger partial charge in [0, 0.05) is 12.1 Å². The van der Waals surface area contributed by atoms with Crippen LogP contribution in [0.3, 0.4) is 0 Å². The molecule has 0 saturated carbocycles. The number of carbonyl (C=O) groups is 1. The monoisotopic (exact) mass is 369 g/mol. The van der Waals surface area contributed by atoms with Gasteiger partial charge in [-0.2, -0.15) is 0 Å². The number of carbonyl (C=O) groups excluding carboxylic acids is 1. The minimum Gasteiger partial charge on any atom is -0.488 e. The number of thioether (sulfide) groups is 1. The highest BCUT2D eigenvalue weighted by molar-refractivity contribution is 8.26. The second-order valence-corrected chi connectivity index (χ2v) is 7.42. The molecule has 3 rings (SSSR count). The van der Waals surface area contributed by atoms with Crippen molar-refractivity contribution < 1.29 is 9.53 Å². The highest BCUT2D eigenvalue weighted by atomic mass is 32.2. The molecule has 0 radical (unpaired) electrons. The second kappa shape index (κ2) is 7.85. The molecule has 1 amide bonds.